The molecule has 2 aromatic carbocycles. The highest BCUT2D eigenvalue weighted by Crippen LogP contribution is 2.23. The van der Waals surface area contributed by atoms with E-state index in [1.165, 1.54) is 0 Å². The molecule has 3 amide bonds. The maximum absolute atomic E-state index is 12.8. The molecule has 0 atom stereocenters. The van der Waals surface area contributed by atoms with E-state index in [2.05, 4.69) is 15.5 Å². The van der Waals surface area contributed by atoms with E-state index >= 15 is 0 Å². The summed E-state index contributed by atoms with van der Waals surface area (Å²) in [5.74, 6) is 0.733. The molecule has 1 saturated heterocycles. The minimum atomic E-state index is -0.199. The molecule has 8 heteroatoms. The quantitative estimate of drug-likeness (QED) is 0.636. The Balaban J connectivity index is 1.40. The van der Waals surface area contributed by atoms with Gasteiger partial charge in [0.25, 0.3) is 5.91 Å². The van der Waals surface area contributed by atoms with Crippen LogP contribution in [-0.4, -0.2) is 67.1 Å². The smallest absolute Gasteiger partial charge is 0.315 e. The largest absolute Gasteiger partial charge is 0.491 e. The fraction of sp³-hybridized carbons (Fsp3) is 0.417. The van der Waals surface area contributed by atoms with Crippen LogP contribution in [0.2, 0.25) is 5.02 Å². The number of para-hydroxylation sites is 1. The van der Waals surface area contributed by atoms with Crippen molar-refractivity contribution in [2.45, 2.75) is 26.4 Å². The summed E-state index contributed by atoms with van der Waals surface area (Å²) >= 11 is 6.11. The van der Waals surface area contributed by atoms with Gasteiger partial charge >= 0.3 is 6.03 Å². The molecule has 172 valence electrons. The Morgan fingerprint density at radius 1 is 1.03 bits per heavy atom. The van der Waals surface area contributed by atoms with Crippen LogP contribution < -0.4 is 15.4 Å². The average Bonchev–Trinajstić information content (AvgIpc) is 2.79. The lowest BCUT2D eigenvalue weighted by atomic mass is 10.1. The van der Waals surface area contributed by atoms with Crippen LogP contribution in [-0.2, 0) is 6.54 Å². The number of nitrogens with zero attached hydrogens (tertiary/aromatic N) is 2. The summed E-state index contributed by atoms with van der Waals surface area (Å²) in [5.41, 5.74) is 1.61. The molecule has 32 heavy (non-hydrogen) atoms. The van der Waals surface area contributed by atoms with Gasteiger partial charge in [-0.15, -0.1) is 0 Å². The molecule has 0 aliphatic carbocycles. The molecule has 0 radical (unpaired) electrons. The first kappa shape index (κ1) is 23.9. The van der Waals surface area contributed by atoms with Gasteiger partial charge in [0.15, 0.2) is 0 Å². The molecular formula is C24H31ClN4O3. The van der Waals surface area contributed by atoms with Crippen molar-refractivity contribution in [3.63, 3.8) is 0 Å². The zero-order chi connectivity index (χ0) is 22.9. The van der Waals surface area contributed by atoms with Crippen molar-refractivity contribution in [2.75, 3.05) is 39.3 Å². The van der Waals surface area contributed by atoms with Crippen LogP contribution in [0.4, 0.5) is 4.79 Å². The number of piperazine rings is 1. The van der Waals surface area contributed by atoms with E-state index < -0.39 is 0 Å². The molecule has 7 nitrogen and oxygen atoms in total. The number of rotatable bonds is 8. The standard InChI is InChI=1S/C24H31ClN4O3/c1-18(2)27-24(31)26-17-19-7-9-20(10-8-19)23(30)29-13-11-28(12-14-29)15-16-32-22-6-4-3-5-21(22)25/h3-10,18H,11-17H2,1-2H3,(H2,26,27,31). The Hall–Kier alpha value is -2.77. The molecule has 1 heterocycles. The Bertz CT molecular complexity index is 896. The van der Waals surface area contributed by atoms with E-state index in [9.17, 15) is 9.59 Å². The highest BCUT2D eigenvalue weighted by molar-refractivity contribution is 6.32. The lowest BCUT2D eigenvalue weighted by Crippen LogP contribution is -2.49. The number of carbonyl (C=O) groups is 2. The molecule has 0 bridgehead atoms. The van der Waals surface area contributed by atoms with Crippen molar-refractivity contribution in [3.05, 3.63) is 64.7 Å². The third kappa shape index (κ3) is 7.14. The minimum absolute atomic E-state index is 0.0361. The zero-order valence-electron chi connectivity index (χ0n) is 18.6. The molecule has 0 aromatic heterocycles. The molecule has 3 rings (SSSR count). The van der Waals surface area contributed by atoms with E-state index in [1.54, 1.807) is 0 Å². The van der Waals surface area contributed by atoms with Gasteiger partial charge < -0.3 is 20.3 Å². The summed E-state index contributed by atoms with van der Waals surface area (Å²) in [5, 5.41) is 6.21. The summed E-state index contributed by atoms with van der Waals surface area (Å²) in [6.45, 7) is 8.58. The van der Waals surface area contributed by atoms with Crippen molar-refractivity contribution in [2.24, 2.45) is 0 Å². The topological polar surface area (TPSA) is 73.9 Å². The van der Waals surface area contributed by atoms with E-state index in [0.29, 0.717) is 42.6 Å². The first-order valence-electron chi connectivity index (χ1n) is 10.9. The molecule has 1 aliphatic rings. The van der Waals surface area contributed by atoms with Gasteiger partial charge in [-0.2, -0.15) is 0 Å². The molecule has 1 aliphatic heterocycles. The van der Waals surface area contributed by atoms with Gasteiger partial charge in [0.2, 0.25) is 0 Å². The van der Waals surface area contributed by atoms with E-state index in [0.717, 1.165) is 25.2 Å². The van der Waals surface area contributed by atoms with Crippen LogP contribution in [0.3, 0.4) is 0 Å². The van der Waals surface area contributed by atoms with Crippen molar-refractivity contribution < 1.29 is 14.3 Å². The van der Waals surface area contributed by atoms with E-state index in [1.807, 2.05) is 67.3 Å². The van der Waals surface area contributed by atoms with Crippen LogP contribution in [0, 0.1) is 0 Å². The summed E-state index contributed by atoms with van der Waals surface area (Å²) in [4.78, 5) is 28.7. The fourth-order valence-corrected chi connectivity index (χ4v) is 3.65. The molecule has 2 N–H and O–H groups in total. The Labute approximate surface area is 194 Å². The molecule has 1 fully saturated rings. The van der Waals surface area contributed by atoms with Crippen molar-refractivity contribution in [3.8, 4) is 5.75 Å². The summed E-state index contributed by atoms with van der Waals surface area (Å²) < 4.78 is 5.76. The SMILES string of the molecule is CC(C)NC(=O)NCc1ccc(C(=O)N2CCN(CCOc3ccccc3Cl)CC2)cc1. The highest BCUT2D eigenvalue weighted by atomic mass is 35.5. The van der Waals surface area contributed by atoms with Crippen LogP contribution in [0.15, 0.2) is 48.5 Å². The van der Waals surface area contributed by atoms with Crippen molar-refractivity contribution in [1.29, 1.82) is 0 Å². The van der Waals surface area contributed by atoms with Gasteiger partial charge in [0, 0.05) is 50.9 Å². The third-order valence-corrected chi connectivity index (χ3v) is 5.55. The number of amides is 3. The van der Waals surface area contributed by atoms with Gasteiger partial charge in [-0.3, -0.25) is 9.69 Å². The maximum Gasteiger partial charge on any atom is 0.315 e. The number of hydrogen-bond donors (Lipinski definition) is 2. The Morgan fingerprint density at radius 2 is 1.72 bits per heavy atom. The number of urea groups is 1. The number of hydrogen-bond acceptors (Lipinski definition) is 4. The number of nitrogens with one attached hydrogen (secondary N) is 2. The number of ether oxygens (including phenoxy) is 1. The molecule has 0 unspecified atom stereocenters. The fourth-order valence-electron chi connectivity index (χ4n) is 3.46. The van der Waals surface area contributed by atoms with Crippen LogP contribution in [0.1, 0.15) is 29.8 Å². The summed E-state index contributed by atoms with van der Waals surface area (Å²) in [6.07, 6.45) is 0. The monoisotopic (exact) mass is 458 g/mol. The van der Waals surface area contributed by atoms with Crippen LogP contribution in [0.25, 0.3) is 0 Å². The van der Waals surface area contributed by atoms with Gasteiger partial charge in [0.1, 0.15) is 12.4 Å². The van der Waals surface area contributed by atoms with Gasteiger partial charge in [-0.1, -0.05) is 35.9 Å². The molecule has 2 aromatic rings. The van der Waals surface area contributed by atoms with Crippen LogP contribution in [0.5, 0.6) is 5.75 Å². The predicted molar refractivity (Wildman–Crippen MR) is 126 cm³/mol. The van der Waals surface area contributed by atoms with Gasteiger partial charge in [-0.05, 0) is 43.7 Å². The lowest BCUT2D eigenvalue weighted by Gasteiger charge is -2.34. The highest BCUT2D eigenvalue weighted by Gasteiger charge is 2.22. The lowest BCUT2D eigenvalue weighted by molar-refractivity contribution is 0.0620. The van der Waals surface area contributed by atoms with Crippen LogP contribution >= 0.6 is 11.6 Å². The van der Waals surface area contributed by atoms with E-state index in [4.69, 9.17) is 16.3 Å². The zero-order valence-corrected chi connectivity index (χ0v) is 19.4. The van der Waals surface area contributed by atoms with Gasteiger partial charge in [-0.25, -0.2) is 4.79 Å². The third-order valence-electron chi connectivity index (χ3n) is 5.23. The molecular weight excluding hydrogens is 428 g/mol. The summed E-state index contributed by atoms with van der Waals surface area (Å²) in [7, 11) is 0. The Kier molecular flexibility index (Phi) is 8.76. The number of carbonyl (C=O) groups excluding carboxylic acids is 2. The summed E-state index contributed by atoms with van der Waals surface area (Å²) in [6, 6.07) is 14.7. The average molecular weight is 459 g/mol. The second-order valence-corrected chi connectivity index (χ2v) is 8.50. The first-order valence-corrected chi connectivity index (χ1v) is 11.3. The number of benzene rings is 2. The minimum Gasteiger partial charge on any atom is -0.491 e. The number of halogens is 1. The first-order chi connectivity index (χ1) is 15.4. The van der Waals surface area contributed by atoms with E-state index in [-0.39, 0.29) is 18.0 Å². The second-order valence-electron chi connectivity index (χ2n) is 8.09. The maximum atomic E-state index is 12.8. The molecule has 0 spiro atoms. The van der Waals surface area contributed by atoms with Crippen molar-refractivity contribution in [1.82, 2.24) is 20.4 Å². The normalized spacial score (nSPS) is 14.3. The Morgan fingerprint density at radius 3 is 2.38 bits per heavy atom. The second kappa shape index (κ2) is 11.7. The molecule has 0 saturated carbocycles. The van der Waals surface area contributed by atoms with Crippen molar-refractivity contribution >= 4 is 23.5 Å². The van der Waals surface area contributed by atoms with Gasteiger partial charge in [0.05, 0.1) is 5.02 Å². The predicted octanol–water partition coefficient (Wildman–Crippen LogP) is 3.38.